The van der Waals surface area contributed by atoms with Gasteiger partial charge in [0.1, 0.15) is 11.7 Å². The number of rotatable bonds is 7. The van der Waals surface area contributed by atoms with Crippen LogP contribution >= 0.6 is 33.9 Å². The quantitative estimate of drug-likeness (QED) is 0.269. The molecule has 0 spiro atoms. The smallest absolute Gasteiger partial charge is 0.355 e. The van der Waals surface area contributed by atoms with Gasteiger partial charge in [0.25, 0.3) is 5.91 Å². The lowest BCUT2D eigenvalue weighted by atomic mass is 9.84. The molecule has 1 N–H and O–H groups in total. The summed E-state index contributed by atoms with van der Waals surface area (Å²) in [4.78, 5) is 40.1. The molecule has 3 rings (SSSR count). The standard InChI is InChI=1S/C19H23IN2O4S/c1-11(2)10-26-19(25)17-12(9-20)5-6-14-16(18(24)22(14)17)21-15(23)8-13-4-3-7-27-13/h3-4,7,11,14,16H,5-6,8-10H2,1-2H3,(H,21,23)/t14-,16+/m1/s1. The van der Waals surface area contributed by atoms with Crippen LogP contribution in [0.5, 0.6) is 0 Å². The van der Waals surface area contributed by atoms with E-state index in [1.54, 1.807) is 0 Å². The van der Waals surface area contributed by atoms with Gasteiger partial charge in [-0.15, -0.1) is 11.3 Å². The van der Waals surface area contributed by atoms with Crippen LogP contribution in [0.25, 0.3) is 0 Å². The van der Waals surface area contributed by atoms with E-state index in [1.807, 2.05) is 31.4 Å². The SMILES string of the molecule is CC(C)COC(=O)C1=C(CI)CC[C@@H]2[C@H](NC(=O)Cc3cccs3)C(=O)N12. The van der Waals surface area contributed by atoms with Crippen molar-refractivity contribution in [2.75, 3.05) is 11.0 Å². The average Bonchev–Trinajstić information content (AvgIpc) is 3.15. The highest BCUT2D eigenvalue weighted by atomic mass is 127. The van der Waals surface area contributed by atoms with E-state index >= 15 is 0 Å². The second-order valence-electron chi connectivity index (χ2n) is 7.19. The van der Waals surface area contributed by atoms with Gasteiger partial charge in [-0.3, -0.25) is 14.5 Å². The van der Waals surface area contributed by atoms with Crippen LogP contribution in [-0.4, -0.2) is 45.8 Å². The second-order valence-corrected chi connectivity index (χ2v) is 8.99. The first-order valence-corrected chi connectivity index (χ1v) is 11.4. The molecule has 1 aromatic heterocycles. The molecular formula is C19H23IN2O4S. The highest BCUT2D eigenvalue weighted by molar-refractivity contribution is 14.1. The van der Waals surface area contributed by atoms with Gasteiger partial charge in [-0.1, -0.05) is 42.5 Å². The maximum atomic E-state index is 12.7. The number of carbonyl (C=O) groups excluding carboxylic acids is 3. The van der Waals surface area contributed by atoms with Gasteiger partial charge in [-0.2, -0.15) is 0 Å². The van der Waals surface area contributed by atoms with Crippen LogP contribution in [0.4, 0.5) is 0 Å². The van der Waals surface area contributed by atoms with Gasteiger partial charge in [-0.25, -0.2) is 4.79 Å². The minimum Gasteiger partial charge on any atom is -0.461 e. The van der Waals surface area contributed by atoms with Gasteiger partial charge in [0.05, 0.1) is 19.1 Å². The second kappa shape index (κ2) is 8.72. The highest BCUT2D eigenvalue weighted by Crippen LogP contribution is 2.37. The Morgan fingerprint density at radius 3 is 2.85 bits per heavy atom. The summed E-state index contributed by atoms with van der Waals surface area (Å²) in [6.07, 6.45) is 1.75. The van der Waals surface area contributed by atoms with E-state index in [0.29, 0.717) is 16.7 Å². The van der Waals surface area contributed by atoms with Crippen molar-refractivity contribution in [2.45, 2.75) is 45.2 Å². The normalized spacial score (nSPS) is 21.8. The van der Waals surface area contributed by atoms with Crippen molar-refractivity contribution in [1.29, 1.82) is 0 Å². The van der Waals surface area contributed by atoms with Gasteiger partial charge in [-0.05, 0) is 35.8 Å². The van der Waals surface area contributed by atoms with E-state index < -0.39 is 12.0 Å². The van der Waals surface area contributed by atoms with E-state index in [9.17, 15) is 14.4 Å². The molecule has 0 aromatic carbocycles. The molecule has 2 amide bonds. The molecule has 1 fully saturated rings. The molecule has 0 saturated carbocycles. The number of nitrogens with zero attached hydrogens (tertiary/aromatic N) is 1. The predicted molar refractivity (Wildman–Crippen MR) is 112 cm³/mol. The van der Waals surface area contributed by atoms with Crippen LogP contribution in [-0.2, 0) is 25.5 Å². The van der Waals surface area contributed by atoms with Crippen LogP contribution in [0.1, 0.15) is 31.6 Å². The molecule has 8 heteroatoms. The molecule has 2 atom stereocenters. The Hall–Kier alpha value is -1.42. The summed E-state index contributed by atoms with van der Waals surface area (Å²) >= 11 is 3.73. The minimum absolute atomic E-state index is 0.164. The Morgan fingerprint density at radius 2 is 2.22 bits per heavy atom. The molecular weight excluding hydrogens is 479 g/mol. The maximum Gasteiger partial charge on any atom is 0.355 e. The molecule has 2 aliphatic heterocycles. The summed E-state index contributed by atoms with van der Waals surface area (Å²) in [5, 5.41) is 4.77. The Labute approximate surface area is 176 Å². The van der Waals surface area contributed by atoms with E-state index in [0.717, 1.165) is 23.3 Å². The predicted octanol–water partition coefficient (Wildman–Crippen LogP) is 2.67. The molecule has 0 bridgehead atoms. The number of hydrogen-bond donors (Lipinski definition) is 1. The van der Waals surface area contributed by atoms with Crippen LogP contribution in [0.2, 0.25) is 0 Å². The largest absolute Gasteiger partial charge is 0.461 e. The maximum absolute atomic E-state index is 12.7. The lowest BCUT2D eigenvalue weighted by Crippen LogP contribution is -2.71. The number of carbonyl (C=O) groups is 3. The highest BCUT2D eigenvalue weighted by Gasteiger charge is 2.53. The molecule has 3 heterocycles. The Kier molecular flexibility index (Phi) is 6.56. The molecule has 0 unspecified atom stereocenters. The zero-order valence-corrected chi connectivity index (χ0v) is 18.3. The third-order valence-corrected chi connectivity index (χ3v) is 6.47. The minimum atomic E-state index is -0.555. The lowest BCUT2D eigenvalue weighted by molar-refractivity contribution is -0.158. The first kappa shape index (κ1) is 20.3. The van der Waals surface area contributed by atoms with Crippen LogP contribution in [0, 0.1) is 5.92 Å². The molecule has 1 aromatic rings. The number of ether oxygens (including phenoxy) is 1. The Morgan fingerprint density at radius 1 is 1.44 bits per heavy atom. The van der Waals surface area contributed by atoms with Crippen molar-refractivity contribution in [3.8, 4) is 0 Å². The fourth-order valence-electron chi connectivity index (χ4n) is 3.36. The van der Waals surface area contributed by atoms with Gasteiger partial charge in [0.2, 0.25) is 5.91 Å². The molecule has 27 heavy (non-hydrogen) atoms. The number of esters is 1. The number of alkyl halides is 1. The first-order chi connectivity index (χ1) is 12.9. The average molecular weight is 502 g/mol. The number of β-lactam (4-membered cyclic amide) rings is 1. The van der Waals surface area contributed by atoms with Crippen molar-refractivity contribution >= 4 is 51.7 Å². The molecule has 1 saturated heterocycles. The van der Waals surface area contributed by atoms with Crippen LogP contribution in [0.15, 0.2) is 28.8 Å². The lowest BCUT2D eigenvalue weighted by Gasteiger charge is -2.50. The van der Waals surface area contributed by atoms with Gasteiger partial charge in [0.15, 0.2) is 0 Å². The van der Waals surface area contributed by atoms with E-state index in [1.165, 1.54) is 16.2 Å². The van der Waals surface area contributed by atoms with Crippen molar-refractivity contribution in [3.63, 3.8) is 0 Å². The number of hydrogen-bond acceptors (Lipinski definition) is 5. The number of allylic oxidation sites excluding steroid dienone is 1. The summed E-state index contributed by atoms with van der Waals surface area (Å²) in [5.74, 6) is -0.591. The molecule has 6 nitrogen and oxygen atoms in total. The summed E-state index contributed by atoms with van der Waals surface area (Å²) in [7, 11) is 0. The Bertz CT molecular complexity index is 760. The molecule has 0 aliphatic carbocycles. The fraction of sp³-hybridized carbons (Fsp3) is 0.526. The topological polar surface area (TPSA) is 75.7 Å². The van der Waals surface area contributed by atoms with Crippen molar-refractivity contribution in [1.82, 2.24) is 10.2 Å². The fourth-order valence-corrected chi connectivity index (χ4v) is 4.81. The molecule has 146 valence electrons. The summed E-state index contributed by atoms with van der Waals surface area (Å²) in [6, 6.07) is 3.08. The number of halogens is 1. The van der Waals surface area contributed by atoms with E-state index in [4.69, 9.17) is 4.74 Å². The van der Waals surface area contributed by atoms with Crippen molar-refractivity contribution in [2.24, 2.45) is 5.92 Å². The van der Waals surface area contributed by atoms with Crippen LogP contribution in [0.3, 0.4) is 0 Å². The number of thiophene rings is 1. The summed E-state index contributed by atoms with van der Waals surface area (Å²) in [6.45, 7) is 4.27. The van der Waals surface area contributed by atoms with E-state index in [2.05, 4.69) is 27.9 Å². The monoisotopic (exact) mass is 502 g/mol. The summed E-state index contributed by atoms with van der Waals surface area (Å²) < 4.78 is 6.06. The third kappa shape index (κ3) is 4.37. The van der Waals surface area contributed by atoms with Crippen molar-refractivity contribution in [3.05, 3.63) is 33.7 Å². The van der Waals surface area contributed by atoms with Gasteiger partial charge < -0.3 is 10.1 Å². The first-order valence-electron chi connectivity index (χ1n) is 9.02. The van der Waals surface area contributed by atoms with Gasteiger partial charge >= 0.3 is 5.97 Å². The van der Waals surface area contributed by atoms with E-state index in [-0.39, 0.29) is 30.2 Å². The zero-order chi connectivity index (χ0) is 19.6. The third-order valence-electron chi connectivity index (χ3n) is 4.67. The molecule has 2 aliphatic rings. The van der Waals surface area contributed by atoms with Gasteiger partial charge in [0, 0.05) is 9.30 Å². The van der Waals surface area contributed by atoms with Crippen LogP contribution < -0.4 is 5.32 Å². The molecule has 0 radical (unpaired) electrons. The summed E-state index contributed by atoms with van der Waals surface area (Å²) in [5.41, 5.74) is 1.33. The Balaban J connectivity index is 1.68. The number of fused-ring (bicyclic) bond motifs is 1. The zero-order valence-electron chi connectivity index (χ0n) is 15.4. The number of nitrogens with one attached hydrogen (secondary N) is 1. The number of amides is 2. The van der Waals surface area contributed by atoms with Crippen molar-refractivity contribution < 1.29 is 19.1 Å².